The van der Waals surface area contributed by atoms with Gasteiger partial charge in [-0.05, 0) is 24.3 Å². The summed E-state index contributed by atoms with van der Waals surface area (Å²) >= 11 is 0. The largest absolute Gasteiger partial charge is 0.423 e. The zero-order valence-electron chi connectivity index (χ0n) is 62.0. The van der Waals surface area contributed by atoms with Gasteiger partial charge in [0, 0.05) is 22.9 Å². The molecule has 54 heteroatoms. The highest BCUT2D eigenvalue weighted by Gasteiger charge is 2.78. The lowest BCUT2D eigenvalue weighted by molar-refractivity contribution is -0.0210. The number of carbonyl (C=O) groups excluding carboxylic acids is 16. The maximum atomic E-state index is 15.5. The van der Waals surface area contributed by atoms with Gasteiger partial charge in [0.25, 0.3) is 0 Å². The van der Waals surface area contributed by atoms with Gasteiger partial charge < -0.3 is 19.8 Å². The number of fused-ring (bicyclic) bond motifs is 2. The Kier molecular flexibility index (Phi) is 12.4. The van der Waals surface area contributed by atoms with Gasteiger partial charge in [-0.1, -0.05) is 36.4 Å². The minimum absolute atomic E-state index is 0. The molecule has 2 aromatic carbocycles. The van der Waals surface area contributed by atoms with Crippen LogP contribution in [0.15, 0.2) is 91.2 Å². The van der Waals surface area contributed by atoms with Crippen molar-refractivity contribution in [3.63, 3.8) is 0 Å². The molecule has 26 heterocycles. The Morgan fingerprint density at radius 2 is 0.267 bits per heavy atom. The van der Waals surface area contributed by atoms with Crippen molar-refractivity contribution in [1.82, 2.24) is 157 Å². The Labute approximate surface area is 668 Å². The van der Waals surface area contributed by atoms with E-state index in [1.807, 2.05) is 36.4 Å². The van der Waals surface area contributed by atoms with Crippen molar-refractivity contribution in [3.05, 3.63) is 93.6 Å². The van der Waals surface area contributed by atoms with Gasteiger partial charge in [-0.3, -0.25) is 157 Å². The number of amides is 32. The predicted octanol–water partition coefficient (Wildman–Crippen LogP) is -5.62. The summed E-state index contributed by atoms with van der Waals surface area (Å²) in [7, 11) is 0. The fraction of sp³-hybridized carbons (Fsp3) is 0.485. The van der Waals surface area contributed by atoms with Crippen LogP contribution >= 0.6 is 0 Å². The van der Waals surface area contributed by atoms with Crippen molar-refractivity contribution in [2.24, 2.45) is 0 Å². The highest BCUT2D eigenvalue weighted by Crippen LogP contribution is 2.54. The van der Waals surface area contributed by atoms with E-state index in [4.69, 9.17) is 8.83 Å². The first-order valence-electron chi connectivity index (χ1n) is 38.2. The number of hydrogen-bond acceptors (Lipinski definition) is 20. The van der Waals surface area contributed by atoms with Crippen LogP contribution in [0.1, 0.15) is 0 Å². The predicted molar refractivity (Wildman–Crippen MR) is 376 cm³/mol. The molecule has 24 aliphatic heterocycles. The summed E-state index contributed by atoms with van der Waals surface area (Å²) in [5.41, 5.74) is 0.674. The van der Waals surface area contributed by atoms with Gasteiger partial charge in [-0.2, -0.15) is 0 Å². The van der Waals surface area contributed by atoms with E-state index in [2.05, 4.69) is 0 Å². The third-order valence-electron chi connectivity index (χ3n) is 28.1. The van der Waals surface area contributed by atoms with Gasteiger partial charge in [0.05, 0.1) is 0 Å². The molecule has 24 fully saturated rings. The number of para-hydroxylation sites is 2. The highest BCUT2D eigenvalue weighted by atomic mass is 16.4. The fourth-order valence-electron chi connectivity index (χ4n) is 23.4. The van der Waals surface area contributed by atoms with Crippen LogP contribution in [-0.2, 0) is 0 Å². The number of carbonyl (C=O) groups is 16. The van der Waals surface area contributed by atoms with Crippen molar-refractivity contribution in [2.45, 2.75) is 98.7 Å². The Hall–Kier alpha value is -14.9. The zero-order chi connectivity index (χ0) is 79.6. The zero-order valence-corrected chi connectivity index (χ0v) is 62.0. The number of rotatable bonds is 0. The average Bonchev–Trinajstić information content (AvgIpc) is 1.52. The topological polar surface area (TPSA) is 500 Å². The van der Waals surface area contributed by atoms with Gasteiger partial charge in [0.1, 0.15) is 118 Å². The second-order valence-electron chi connectivity index (χ2n) is 33.0. The number of hydrogen-bond donors (Lipinski definition) is 0. The molecule has 28 rings (SSSR count). The van der Waals surface area contributed by atoms with Gasteiger partial charge >= 0.3 is 108 Å². The van der Waals surface area contributed by atoms with E-state index < -0.39 is 302 Å². The van der Waals surface area contributed by atoms with Crippen molar-refractivity contribution in [1.29, 1.82) is 0 Å². The molecule has 4 aromatic rings. The van der Waals surface area contributed by atoms with E-state index in [0.717, 1.165) is 10.8 Å². The molecular weight excluding hydrogens is 1590 g/mol. The quantitative estimate of drug-likeness (QED) is 0.148. The average molecular weight is 1660 g/mol. The SMILES string of the molecule is O.O.O=C1N2CN3C(=O)N4CN5C(=O)N6CN7C(=O)N8CN9C(=O)N%10CN%11C(=O)N%12CN%13C(=O)N%14CN%15C(=O)N%16CN1C1C2N2CN%17C(=O)N(CN%18C(=O)N(CN%19C(=O)N(CN%20C(=O)N(CN%21C(=O)N(CN%22C(=O)N(CN%23C(=O)N(CN1C2=O)C%16C%15%23)C%14C%13%22)C%12C%11%21)C%10C9%20)C8C7%19)C6C5%18)C4C3%17.O=c1ccc2ccccc2o1.O=c1ccc2ccccc2o1. The molecule has 0 bridgehead atoms. The van der Waals surface area contributed by atoms with Gasteiger partial charge in [0.2, 0.25) is 0 Å². The molecule has 0 spiro atoms. The Morgan fingerprint density at radius 1 is 0.158 bits per heavy atom. The van der Waals surface area contributed by atoms with Crippen LogP contribution in [0.5, 0.6) is 0 Å². The van der Waals surface area contributed by atoms with Crippen LogP contribution in [-0.4, -0.2) is 470 Å². The smallest absolute Gasteiger partial charge is 0.336 e. The summed E-state index contributed by atoms with van der Waals surface area (Å²) in [5.74, 6) is 0. The van der Waals surface area contributed by atoms with Crippen molar-refractivity contribution in [2.75, 3.05) is 107 Å². The minimum Gasteiger partial charge on any atom is -0.423 e. The monoisotopic (exact) mass is 1660 g/mol. The normalized spacial score (nSPS) is 34.1. The lowest BCUT2D eigenvalue weighted by Gasteiger charge is -2.42. The van der Waals surface area contributed by atoms with Gasteiger partial charge in [0.15, 0.2) is 98.7 Å². The molecular formula is C66H64N32O22. The molecule has 2 aromatic heterocycles. The third-order valence-corrected chi connectivity index (χ3v) is 28.1. The molecule has 0 radical (unpaired) electrons. The summed E-state index contributed by atoms with van der Waals surface area (Å²) in [6.07, 6.45) is -20.4. The molecule has 0 unspecified atom stereocenters. The Balaban J connectivity index is 0.000000289. The molecule has 0 aliphatic carbocycles. The molecule has 4 N–H and O–H groups in total. The van der Waals surface area contributed by atoms with Crippen molar-refractivity contribution in [3.8, 4) is 0 Å². The third kappa shape index (κ3) is 7.56. The van der Waals surface area contributed by atoms with E-state index in [0.29, 0.717) is 11.2 Å². The first kappa shape index (κ1) is 68.3. The van der Waals surface area contributed by atoms with Crippen LogP contribution in [0, 0.1) is 0 Å². The van der Waals surface area contributed by atoms with Crippen LogP contribution in [0.25, 0.3) is 21.9 Å². The molecule has 54 nitrogen and oxygen atoms in total. The minimum atomic E-state index is -1.28. The molecule has 24 aliphatic rings. The lowest BCUT2D eigenvalue weighted by atomic mass is 10.2. The van der Waals surface area contributed by atoms with Crippen LogP contribution in [0.3, 0.4) is 0 Å². The summed E-state index contributed by atoms with van der Waals surface area (Å²) < 4.78 is 9.81. The molecule has 0 atom stereocenters. The van der Waals surface area contributed by atoms with Crippen molar-refractivity contribution < 1.29 is 96.5 Å². The van der Waals surface area contributed by atoms with Crippen LogP contribution in [0.4, 0.5) is 76.7 Å². The van der Waals surface area contributed by atoms with E-state index >= 15 is 76.7 Å². The highest BCUT2D eigenvalue weighted by molar-refractivity contribution is 5.97. The maximum Gasteiger partial charge on any atom is 0.336 e. The second-order valence-corrected chi connectivity index (χ2v) is 33.0. The Bertz CT molecular complexity index is 4470. The summed E-state index contributed by atoms with van der Waals surface area (Å²) in [4.78, 5) is 311. The summed E-state index contributed by atoms with van der Waals surface area (Å²) in [6.45, 7) is -8.88. The molecule has 120 heavy (non-hydrogen) atoms. The first-order valence-corrected chi connectivity index (χ1v) is 38.2. The van der Waals surface area contributed by atoms with Gasteiger partial charge in [-0.15, -0.1) is 0 Å². The fourth-order valence-corrected chi connectivity index (χ4v) is 23.4. The Morgan fingerprint density at radius 3 is 0.383 bits per heavy atom. The van der Waals surface area contributed by atoms with Gasteiger partial charge in [-0.25, -0.2) is 86.3 Å². The maximum absolute atomic E-state index is 15.5. The van der Waals surface area contributed by atoms with Crippen LogP contribution in [0.2, 0.25) is 0 Å². The summed E-state index contributed by atoms with van der Waals surface area (Å²) in [6, 6.07) is 9.29. The van der Waals surface area contributed by atoms with E-state index in [9.17, 15) is 9.59 Å². The second kappa shape index (κ2) is 21.8. The number of nitrogens with zero attached hydrogens (tertiary/aromatic N) is 32. The van der Waals surface area contributed by atoms with Crippen LogP contribution < -0.4 is 11.3 Å². The molecule has 620 valence electrons. The van der Waals surface area contributed by atoms with Crippen molar-refractivity contribution >= 4 is 118 Å². The number of urea groups is 16. The lowest BCUT2D eigenvalue weighted by Crippen LogP contribution is -2.63. The molecule has 24 saturated heterocycles. The molecule has 0 saturated carbocycles. The van der Waals surface area contributed by atoms with E-state index in [1.165, 1.54) is 169 Å². The standard InChI is InChI=1S/C48H48N32O16.2C9H6O2.2H2O/c81-33-49-1-50-18-20-54(34(50)82)4-58-22-24-62(38(58)86)8-66-26-28-70(42(66)90)12-74-30-32-78(46(74)94)15-77-31-29-73(45(77)93)11-69-27-25-65(41(69)89)7-61-23-21-57(37(61)85)3-53(33)19-17(49)51-2-52(18)36(84)56(20)6-60(22)40(88)64(24)10-68(26)44(92)72(28)14-76(30)48(96)80(32)16-79(31)47(95)75(29)13-71(27)43(91)67(25)9-63(23)39(87)59(21)5-55(19)35(51)83;2*10-9-6-5-7-3-1-2-4-8(7)11-9;;/h17-32H,1-16H2;2*1-6H;2*1H2. The van der Waals surface area contributed by atoms with E-state index in [-0.39, 0.29) is 22.2 Å². The molecule has 32 amide bonds. The number of benzene rings is 2. The first-order chi connectivity index (χ1) is 57.0. The van der Waals surface area contributed by atoms with E-state index in [1.54, 1.807) is 24.3 Å². The summed E-state index contributed by atoms with van der Waals surface area (Å²) in [5, 5.41) is 1.90.